The highest BCUT2D eigenvalue weighted by atomic mass is 16.4. The smallest absolute Gasteiger partial charge is 0.326 e. The number of primary amides is 2. The Balaban J connectivity index is 3.10. The Morgan fingerprint density at radius 1 is 0.750 bits per heavy atom. The maximum absolute atomic E-state index is 13.1. The summed E-state index contributed by atoms with van der Waals surface area (Å²) in [4.78, 5) is 71.9. The number of carboxylic acid groups (broad SMARTS) is 1. The highest BCUT2D eigenvalue weighted by Gasteiger charge is 2.30. The van der Waals surface area contributed by atoms with Crippen LogP contribution in [0.1, 0.15) is 31.2 Å². The molecular weight excluding hydrogens is 476 g/mol. The van der Waals surface area contributed by atoms with E-state index in [1.165, 1.54) is 0 Å². The number of amides is 5. The second-order valence-electron chi connectivity index (χ2n) is 8.01. The Hall–Kier alpha value is -4.04. The van der Waals surface area contributed by atoms with Gasteiger partial charge in [0.2, 0.25) is 29.5 Å². The van der Waals surface area contributed by atoms with E-state index in [0.717, 1.165) is 0 Å². The normalized spacial score (nSPS) is 13.9. The molecule has 11 N–H and O–H groups in total. The molecule has 0 aliphatic carbocycles. The molecule has 198 valence electrons. The molecule has 0 fully saturated rings. The lowest BCUT2D eigenvalue weighted by Gasteiger charge is -2.25. The van der Waals surface area contributed by atoms with Crippen LogP contribution in [0.3, 0.4) is 0 Å². The average Bonchev–Trinajstić information content (AvgIpc) is 2.83. The molecule has 0 heterocycles. The van der Waals surface area contributed by atoms with E-state index in [1.54, 1.807) is 30.3 Å². The number of aliphatic carboxylic acids is 1. The van der Waals surface area contributed by atoms with Crippen molar-refractivity contribution in [3.63, 3.8) is 0 Å². The fraction of sp³-hybridized carbons (Fsp3) is 0.455. The van der Waals surface area contributed by atoms with E-state index in [0.29, 0.717) is 5.56 Å². The minimum Gasteiger partial charge on any atom is -0.480 e. The van der Waals surface area contributed by atoms with Crippen LogP contribution < -0.4 is 33.2 Å². The van der Waals surface area contributed by atoms with Crippen LogP contribution in [0.25, 0.3) is 0 Å². The molecule has 1 aromatic carbocycles. The number of hydrogen-bond acceptors (Lipinski definition) is 8. The topological polar surface area (TPSA) is 257 Å². The first kappa shape index (κ1) is 30.0. The first-order chi connectivity index (χ1) is 16.9. The molecule has 0 saturated heterocycles. The summed E-state index contributed by atoms with van der Waals surface area (Å²) < 4.78 is 0. The standard InChI is InChI=1S/C22H32N6O8/c23-13(11-29)19(32)28-16(10-12-4-2-1-3-5-12)21(34)26-14(6-8-17(24)30)20(33)27-15(22(35)36)7-9-18(25)31/h1-5,13-16,29H,6-11,23H2,(H2,24,30)(H2,25,31)(H,26,34)(H,27,33)(H,28,32)(H,35,36). The van der Waals surface area contributed by atoms with Gasteiger partial charge in [-0.05, 0) is 18.4 Å². The van der Waals surface area contributed by atoms with Gasteiger partial charge in [0.1, 0.15) is 24.2 Å². The van der Waals surface area contributed by atoms with E-state index >= 15 is 0 Å². The number of nitrogens with one attached hydrogen (secondary N) is 3. The molecule has 0 bridgehead atoms. The fourth-order valence-corrected chi connectivity index (χ4v) is 3.06. The highest BCUT2D eigenvalue weighted by molar-refractivity contribution is 5.94. The quantitative estimate of drug-likeness (QED) is 0.111. The number of hydrogen-bond donors (Lipinski definition) is 8. The third-order valence-corrected chi connectivity index (χ3v) is 5.06. The molecule has 14 nitrogen and oxygen atoms in total. The second-order valence-corrected chi connectivity index (χ2v) is 8.01. The monoisotopic (exact) mass is 508 g/mol. The van der Waals surface area contributed by atoms with Crippen LogP contribution in [0, 0.1) is 0 Å². The van der Waals surface area contributed by atoms with Crippen molar-refractivity contribution in [3.05, 3.63) is 35.9 Å². The lowest BCUT2D eigenvalue weighted by Crippen LogP contribution is -2.58. The summed E-state index contributed by atoms with van der Waals surface area (Å²) in [5.41, 5.74) is 16.4. The summed E-state index contributed by atoms with van der Waals surface area (Å²) in [5, 5.41) is 25.5. The average molecular weight is 509 g/mol. The molecule has 14 heteroatoms. The lowest BCUT2D eigenvalue weighted by molar-refractivity contribution is -0.142. The van der Waals surface area contributed by atoms with Crippen LogP contribution in [0.15, 0.2) is 30.3 Å². The zero-order valence-electron chi connectivity index (χ0n) is 19.5. The molecule has 0 spiro atoms. The van der Waals surface area contributed by atoms with Gasteiger partial charge in [-0.3, -0.25) is 24.0 Å². The number of carboxylic acids is 1. The second kappa shape index (κ2) is 15.1. The van der Waals surface area contributed by atoms with E-state index < -0.39 is 66.3 Å². The molecule has 0 aromatic heterocycles. The summed E-state index contributed by atoms with van der Waals surface area (Å²) in [6, 6.07) is 3.16. The maximum Gasteiger partial charge on any atom is 0.326 e. The van der Waals surface area contributed by atoms with Crippen LogP contribution in [0.4, 0.5) is 0 Å². The van der Waals surface area contributed by atoms with E-state index in [4.69, 9.17) is 22.3 Å². The molecule has 5 amide bonds. The number of carbonyl (C=O) groups is 6. The third kappa shape index (κ3) is 10.9. The van der Waals surface area contributed by atoms with Gasteiger partial charge in [0.15, 0.2) is 0 Å². The van der Waals surface area contributed by atoms with E-state index in [2.05, 4.69) is 16.0 Å². The van der Waals surface area contributed by atoms with Gasteiger partial charge >= 0.3 is 5.97 Å². The van der Waals surface area contributed by atoms with Gasteiger partial charge < -0.3 is 43.4 Å². The minimum absolute atomic E-state index is 0.00289. The van der Waals surface area contributed by atoms with Gasteiger partial charge in [-0.25, -0.2) is 4.79 Å². The molecule has 36 heavy (non-hydrogen) atoms. The minimum atomic E-state index is -1.49. The molecule has 1 rings (SSSR count). The largest absolute Gasteiger partial charge is 0.480 e. The lowest BCUT2D eigenvalue weighted by atomic mass is 10.0. The van der Waals surface area contributed by atoms with Gasteiger partial charge in [0.25, 0.3) is 0 Å². The van der Waals surface area contributed by atoms with Crippen LogP contribution in [0.5, 0.6) is 0 Å². The number of rotatable bonds is 16. The zero-order valence-corrected chi connectivity index (χ0v) is 19.5. The summed E-state index contributed by atoms with van der Waals surface area (Å²) in [5.74, 6) is -5.56. The van der Waals surface area contributed by atoms with Crippen molar-refractivity contribution >= 4 is 35.5 Å². The molecule has 0 radical (unpaired) electrons. The first-order valence-electron chi connectivity index (χ1n) is 11.1. The maximum atomic E-state index is 13.1. The highest BCUT2D eigenvalue weighted by Crippen LogP contribution is 2.07. The Bertz CT molecular complexity index is 942. The predicted octanol–water partition coefficient (Wildman–Crippen LogP) is -3.38. The van der Waals surface area contributed by atoms with Crippen LogP contribution in [-0.4, -0.2) is 76.5 Å². The van der Waals surface area contributed by atoms with E-state index in [-0.39, 0.29) is 32.1 Å². The summed E-state index contributed by atoms with van der Waals surface area (Å²) in [6.07, 6.45) is -1.19. The van der Waals surface area contributed by atoms with Gasteiger partial charge in [-0.1, -0.05) is 30.3 Å². The van der Waals surface area contributed by atoms with Crippen molar-refractivity contribution in [2.24, 2.45) is 17.2 Å². The van der Waals surface area contributed by atoms with E-state index in [9.17, 15) is 33.9 Å². The van der Waals surface area contributed by atoms with Crippen LogP contribution in [-0.2, 0) is 35.2 Å². The summed E-state index contributed by atoms with van der Waals surface area (Å²) >= 11 is 0. The molecular formula is C22H32N6O8. The molecule has 0 saturated carbocycles. The van der Waals surface area contributed by atoms with Gasteiger partial charge in [-0.2, -0.15) is 0 Å². The van der Waals surface area contributed by atoms with Crippen molar-refractivity contribution in [3.8, 4) is 0 Å². The van der Waals surface area contributed by atoms with Crippen molar-refractivity contribution in [1.29, 1.82) is 0 Å². The Morgan fingerprint density at radius 2 is 1.22 bits per heavy atom. The van der Waals surface area contributed by atoms with Crippen molar-refractivity contribution in [2.45, 2.75) is 56.3 Å². The first-order valence-corrected chi connectivity index (χ1v) is 11.1. The van der Waals surface area contributed by atoms with Gasteiger partial charge in [-0.15, -0.1) is 0 Å². The predicted molar refractivity (Wildman–Crippen MR) is 125 cm³/mol. The van der Waals surface area contributed by atoms with Gasteiger partial charge in [0.05, 0.1) is 6.61 Å². The molecule has 0 aliphatic rings. The molecule has 1 aromatic rings. The van der Waals surface area contributed by atoms with Crippen molar-refractivity contribution in [1.82, 2.24) is 16.0 Å². The molecule has 4 atom stereocenters. The van der Waals surface area contributed by atoms with Crippen LogP contribution >= 0.6 is 0 Å². The molecule has 4 unspecified atom stereocenters. The van der Waals surface area contributed by atoms with Crippen LogP contribution in [0.2, 0.25) is 0 Å². The van der Waals surface area contributed by atoms with E-state index in [1.807, 2.05) is 0 Å². The zero-order chi connectivity index (χ0) is 27.3. The van der Waals surface area contributed by atoms with Gasteiger partial charge in [0, 0.05) is 19.3 Å². The summed E-state index contributed by atoms with van der Waals surface area (Å²) in [7, 11) is 0. The number of nitrogens with two attached hydrogens (primary N) is 3. The molecule has 0 aliphatic heterocycles. The number of aliphatic hydroxyl groups is 1. The number of aliphatic hydroxyl groups excluding tert-OH is 1. The van der Waals surface area contributed by atoms with Crippen molar-refractivity contribution < 1.29 is 39.0 Å². The Labute approximate surface area is 206 Å². The van der Waals surface area contributed by atoms with Crippen molar-refractivity contribution in [2.75, 3.05) is 6.61 Å². The Kier molecular flexibility index (Phi) is 12.5. The number of benzene rings is 1. The fourth-order valence-electron chi connectivity index (χ4n) is 3.06. The number of carbonyl (C=O) groups excluding carboxylic acids is 5. The Morgan fingerprint density at radius 3 is 1.72 bits per heavy atom. The SMILES string of the molecule is NC(=O)CCC(NC(=O)C(CCC(N)=O)NC(=O)C(Cc1ccccc1)NC(=O)C(N)CO)C(=O)O. The third-order valence-electron chi connectivity index (χ3n) is 5.06. The summed E-state index contributed by atoms with van der Waals surface area (Å²) in [6.45, 7) is -0.670.